The van der Waals surface area contributed by atoms with Crippen molar-refractivity contribution in [2.24, 2.45) is 4.99 Å². The maximum atomic E-state index is 8.94. The summed E-state index contributed by atoms with van der Waals surface area (Å²) < 4.78 is 0. The number of rotatable bonds is 5. The molecule has 2 rings (SSSR count). The molecule has 2 N–H and O–H groups in total. The van der Waals surface area contributed by atoms with Crippen LogP contribution in [0.25, 0.3) is 0 Å². The summed E-state index contributed by atoms with van der Waals surface area (Å²) in [5.74, 6) is 0.771. The van der Waals surface area contributed by atoms with E-state index in [0.29, 0.717) is 18.2 Å². The lowest BCUT2D eigenvalue weighted by Gasteiger charge is -2.17. The van der Waals surface area contributed by atoms with E-state index < -0.39 is 0 Å². The summed E-state index contributed by atoms with van der Waals surface area (Å²) in [6.45, 7) is 4.92. The lowest BCUT2D eigenvalue weighted by atomic mass is 10.1. The number of aliphatic imine (C=N–C) groups is 1. The zero-order valence-corrected chi connectivity index (χ0v) is 17.3. The smallest absolute Gasteiger partial charge is 0.191 e. The first-order valence-electron chi connectivity index (χ1n) is 7.62. The number of hydrogen-bond donors (Lipinski definition) is 2. The normalized spacial score (nSPS) is 12.0. The topological polar surface area (TPSA) is 60.2 Å². The molecule has 128 valence electrons. The minimum Gasteiger partial charge on any atom is -0.354 e. The highest BCUT2D eigenvalue weighted by Crippen LogP contribution is 2.16. The van der Waals surface area contributed by atoms with Gasteiger partial charge in [-0.05, 0) is 43.7 Å². The van der Waals surface area contributed by atoms with Crippen LogP contribution < -0.4 is 10.6 Å². The molecule has 0 bridgehead atoms. The van der Waals surface area contributed by atoms with Gasteiger partial charge in [0.2, 0.25) is 0 Å². The Bertz CT molecular complexity index is 718. The summed E-state index contributed by atoms with van der Waals surface area (Å²) >= 11 is 1.83. The predicted octanol–water partition coefficient (Wildman–Crippen LogP) is 3.84. The van der Waals surface area contributed by atoms with E-state index in [0.717, 1.165) is 17.9 Å². The largest absolute Gasteiger partial charge is 0.354 e. The van der Waals surface area contributed by atoms with Gasteiger partial charge in [-0.3, -0.25) is 4.99 Å². The molecule has 2 aromatic rings. The molecule has 1 aromatic carbocycles. The van der Waals surface area contributed by atoms with E-state index >= 15 is 0 Å². The molecular formula is C18H23IN4S. The number of nitrogens with zero attached hydrogens (tertiary/aromatic N) is 2. The Kier molecular flexibility index (Phi) is 8.79. The van der Waals surface area contributed by atoms with Gasteiger partial charge in [0.25, 0.3) is 0 Å². The van der Waals surface area contributed by atoms with E-state index in [1.807, 2.05) is 35.6 Å². The van der Waals surface area contributed by atoms with Crippen molar-refractivity contribution in [3.63, 3.8) is 0 Å². The van der Waals surface area contributed by atoms with Crippen LogP contribution in [0.15, 0.2) is 41.4 Å². The third-order valence-corrected chi connectivity index (χ3v) is 4.45. The average Bonchev–Trinajstić information content (AvgIpc) is 2.96. The summed E-state index contributed by atoms with van der Waals surface area (Å²) in [4.78, 5) is 6.98. The molecule has 0 amide bonds. The Morgan fingerprint density at radius 3 is 2.75 bits per heavy atom. The van der Waals surface area contributed by atoms with E-state index in [9.17, 15) is 0 Å². The lowest BCUT2D eigenvalue weighted by molar-refractivity contribution is 0.645. The first-order valence-corrected chi connectivity index (χ1v) is 8.44. The van der Waals surface area contributed by atoms with Gasteiger partial charge in [0.15, 0.2) is 5.96 Å². The molecular weight excluding hydrogens is 431 g/mol. The van der Waals surface area contributed by atoms with Gasteiger partial charge in [-0.1, -0.05) is 12.1 Å². The highest BCUT2D eigenvalue weighted by molar-refractivity contribution is 14.0. The number of guanidine groups is 1. The second kappa shape index (κ2) is 10.3. The van der Waals surface area contributed by atoms with E-state index in [2.05, 4.69) is 47.7 Å². The average molecular weight is 454 g/mol. The number of nitriles is 1. The number of halogens is 1. The van der Waals surface area contributed by atoms with Crippen LogP contribution in [0.1, 0.15) is 27.8 Å². The molecule has 1 aromatic heterocycles. The molecule has 0 aliphatic rings. The van der Waals surface area contributed by atoms with Gasteiger partial charge in [0.1, 0.15) is 0 Å². The van der Waals surface area contributed by atoms with Gasteiger partial charge in [-0.25, -0.2) is 0 Å². The van der Waals surface area contributed by atoms with Crippen molar-refractivity contribution in [1.29, 1.82) is 5.26 Å². The highest BCUT2D eigenvalue weighted by atomic mass is 127. The zero-order valence-electron chi connectivity index (χ0n) is 14.2. The highest BCUT2D eigenvalue weighted by Gasteiger charge is 2.08. The van der Waals surface area contributed by atoms with E-state index in [4.69, 9.17) is 5.26 Å². The summed E-state index contributed by atoms with van der Waals surface area (Å²) in [6.07, 6.45) is 0.975. The second-order valence-electron chi connectivity index (χ2n) is 5.50. The Labute approximate surface area is 165 Å². The van der Waals surface area contributed by atoms with Crippen molar-refractivity contribution in [1.82, 2.24) is 10.6 Å². The van der Waals surface area contributed by atoms with Gasteiger partial charge in [0, 0.05) is 35.8 Å². The van der Waals surface area contributed by atoms with Crippen LogP contribution in [0.4, 0.5) is 0 Å². The first kappa shape index (κ1) is 20.5. The monoisotopic (exact) mass is 454 g/mol. The Morgan fingerprint density at radius 2 is 2.12 bits per heavy atom. The van der Waals surface area contributed by atoms with Crippen LogP contribution in [-0.4, -0.2) is 19.0 Å². The number of benzene rings is 1. The van der Waals surface area contributed by atoms with Crippen LogP contribution in [0.5, 0.6) is 0 Å². The number of aryl methyl sites for hydroxylation is 1. The minimum absolute atomic E-state index is 0. The molecule has 0 aliphatic heterocycles. The molecule has 6 heteroatoms. The molecule has 4 nitrogen and oxygen atoms in total. The van der Waals surface area contributed by atoms with Crippen LogP contribution in [0, 0.1) is 18.3 Å². The second-order valence-corrected chi connectivity index (χ2v) is 6.87. The Hall–Kier alpha value is -1.59. The van der Waals surface area contributed by atoms with Crippen molar-refractivity contribution < 1.29 is 0 Å². The third kappa shape index (κ3) is 6.49. The molecule has 0 aliphatic carbocycles. The maximum absolute atomic E-state index is 8.94. The predicted molar refractivity (Wildman–Crippen MR) is 112 cm³/mol. The fourth-order valence-electron chi connectivity index (χ4n) is 2.31. The van der Waals surface area contributed by atoms with Gasteiger partial charge < -0.3 is 10.6 Å². The standard InChI is InChI=1S/C18H22N4S.HI/c1-13(9-17-8-7-14(2)23-17)22-18(20-3)21-12-16-6-4-5-15(10-16)11-19;/h4-8,10,13H,9,12H2,1-3H3,(H2,20,21,22);1H. The molecule has 1 unspecified atom stereocenters. The lowest BCUT2D eigenvalue weighted by Crippen LogP contribution is -2.42. The molecule has 0 spiro atoms. The van der Waals surface area contributed by atoms with E-state index in [1.54, 1.807) is 7.05 Å². The van der Waals surface area contributed by atoms with Gasteiger partial charge in [0.05, 0.1) is 11.6 Å². The van der Waals surface area contributed by atoms with Crippen LogP contribution in [0.2, 0.25) is 0 Å². The number of nitrogens with one attached hydrogen (secondary N) is 2. The molecule has 0 radical (unpaired) electrons. The summed E-state index contributed by atoms with van der Waals surface area (Å²) in [6, 6.07) is 14.4. The summed E-state index contributed by atoms with van der Waals surface area (Å²) in [7, 11) is 1.77. The van der Waals surface area contributed by atoms with E-state index in [1.165, 1.54) is 9.75 Å². The molecule has 0 saturated heterocycles. The SMILES string of the molecule is CN=C(NCc1cccc(C#N)c1)NC(C)Cc1ccc(C)s1.I. The molecule has 1 heterocycles. The van der Waals surface area contributed by atoms with E-state index in [-0.39, 0.29) is 24.0 Å². The number of thiophene rings is 1. The fourth-order valence-corrected chi connectivity index (χ4v) is 3.33. The molecule has 1 atom stereocenters. The van der Waals surface area contributed by atoms with Crippen LogP contribution in [0.3, 0.4) is 0 Å². The zero-order chi connectivity index (χ0) is 16.7. The van der Waals surface area contributed by atoms with Crippen LogP contribution in [-0.2, 0) is 13.0 Å². The Morgan fingerprint density at radius 1 is 1.33 bits per heavy atom. The first-order chi connectivity index (χ1) is 11.1. The van der Waals surface area contributed by atoms with Crippen LogP contribution >= 0.6 is 35.3 Å². The van der Waals surface area contributed by atoms with Gasteiger partial charge in [-0.2, -0.15) is 5.26 Å². The third-order valence-electron chi connectivity index (χ3n) is 3.43. The maximum Gasteiger partial charge on any atom is 0.191 e. The summed E-state index contributed by atoms with van der Waals surface area (Å²) in [5.41, 5.74) is 1.74. The van der Waals surface area contributed by atoms with Crippen molar-refractivity contribution in [3.8, 4) is 6.07 Å². The molecule has 0 fully saturated rings. The molecule has 24 heavy (non-hydrogen) atoms. The van der Waals surface area contributed by atoms with Crippen molar-refractivity contribution in [2.45, 2.75) is 32.9 Å². The fraction of sp³-hybridized carbons (Fsp3) is 0.333. The van der Waals surface area contributed by atoms with Crippen molar-refractivity contribution in [3.05, 3.63) is 57.3 Å². The Balaban J connectivity index is 0.00000288. The van der Waals surface area contributed by atoms with Crippen molar-refractivity contribution in [2.75, 3.05) is 7.05 Å². The minimum atomic E-state index is 0. The quantitative estimate of drug-likeness (QED) is 0.410. The molecule has 0 saturated carbocycles. The van der Waals surface area contributed by atoms with Gasteiger partial charge in [-0.15, -0.1) is 35.3 Å². The van der Waals surface area contributed by atoms with Crippen molar-refractivity contribution >= 4 is 41.3 Å². The van der Waals surface area contributed by atoms with Gasteiger partial charge >= 0.3 is 0 Å². The number of hydrogen-bond acceptors (Lipinski definition) is 3. The summed E-state index contributed by atoms with van der Waals surface area (Å²) in [5, 5.41) is 15.6.